The zero-order valence-corrected chi connectivity index (χ0v) is 10.9. The van der Waals surface area contributed by atoms with E-state index < -0.39 is 0 Å². The number of rotatable bonds is 3. The van der Waals surface area contributed by atoms with E-state index in [1.807, 2.05) is 12.1 Å². The molecule has 94 valence electrons. The third-order valence-corrected chi connectivity index (χ3v) is 4.15. The first kappa shape index (κ1) is 12.4. The van der Waals surface area contributed by atoms with Crippen LogP contribution in [0.5, 0.6) is 0 Å². The van der Waals surface area contributed by atoms with E-state index in [2.05, 4.69) is 23.7 Å². The van der Waals surface area contributed by atoms with E-state index in [9.17, 15) is 0 Å². The molecule has 3 nitrogen and oxygen atoms in total. The van der Waals surface area contributed by atoms with E-state index in [4.69, 9.17) is 5.73 Å². The van der Waals surface area contributed by atoms with E-state index in [1.165, 1.54) is 32.4 Å². The van der Waals surface area contributed by atoms with Crippen LogP contribution in [0.3, 0.4) is 0 Å². The fourth-order valence-electron chi connectivity index (χ4n) is 2.36. The maximum atomic E-state index is 5.64. The molecule has 0 atom stereocenters. The van der Waals surface area contributed by atoms with Gasteiger partial charge in [0.25, 0.3) is 0 Å². The Morgan fingerprint density at radius 3 is 2.59 bits per heavy atom. The number of pyridine rings is 1. The molecular weight excluding hydrogens is 210 g/mol. The predicted octanol–water partition coefficient (Wildman–Crippen LogP) is 2.68. The first-order chi connectivity index (χ1) is 8.11. The standard InChI is InChI=1S/C14H23N3/c1-3-14(2)6-8-17(9-7-14)11-13-5-4-12(15)10-16-13/h4-5,10H,3,6-9,11,15H2,1-2H3. The number of nitrogens with two attached hydrogens (primary N) is 1. The van der Waals surface area contributed by atoms with Crippen molar-refractivity contribution in [3.8, 4) is 0 Å². The Morgan fingerprint density at radius 2 is 2.06 bits per heavy atom. The molecule has 17 heavy (non-hydrogen) atoms. The molecule has 1 fully saturated rings. The van der Waals surface area contributed by atoms with Crippen LogP contribution in [0.15, 0.2) is 18.3 Å². The molecule has 0 radical (unpaired) electrons. The molecule has 2 heterocycles. The van der Waals surface area contributed by atoms with Gasteiger partial charge in [0.15, 0.2) is 0 Å². The van der Waals surface area contributed by atoms with Crippen molar-refractivity contribution in [3.05, 3.63) is 24.0 Å². The highest BCUT2D eigenvalue weighted by Crippen LogP contribution is 2.34. The average molecular weight is 233 g/mol. The molecule has 0 aliphatic carbocycles. The van der Waals surface area contributed by atoms with Crippen molar-refractivity contribution in [1.29, 1.82) is 0 Å². The molecule has 0 bridgehead atoms. The SMILES string of the molecule is CCC1(C)CCN(Cc2ccc(N)cn2)CC1. The van der Waals surface area contributed by atoms with Crippen molar-refractivity contribution in [3.63, 3.8) is 0 Å². The quantitative estimate of drug-likeness (QED) is 0.872. The lowest BCUT2D eigenvalue weighted by atomic mass is 9.78. The van der Waals surface area contributed by atoms with Gasteiger partial charge in [-0.3, -0.25) is 9.88 Å². The first-order valence-electron chi connectivity index (χ1n) is 6.54. The molecule has 1 aromatic heterocycles. The highest BCUT2D eigenvalue weighted by molar-refractivity contribution is 5.34. The van der Waals surface area contributed by atoms with Crippen LogP contribution in [0.2, 0.25) is 0 Å². The maximum Gasteiger partial charge on any atom is 0.0545 e. The van der Waals surface area contributed by atoms with Gasteiger partial charge in [0.2, 0.25) is 0 Å². The zero-order valence-electron chi connectivity index (χ0n) is 10.9. The minimum atomic E-state index is 0.561. The minimum absolute atomic E-state index is 0.561. The van der Waals surface area contributed by atoms with Gasteiger partial charge in [0, 0.05) is 6.54 Å². The van der Waals surface area contributed by atoms with Crippen molar-refractivity contribution < 1.29 is 0 Å². The molecule has 2 rings (SSSR count). The Bertz CT molecular complexity index is 350. The second-order valence-electron chi connectivity index (χ2n) is 5.52. The second kappa shape index (κ2) is 5.05. The topological polar surface area (TPSA) is 42.1 Å². The summed E-state index contributed by atoms with van der Waals surface area (Å²) in [4.78, 5) is 6.86. The Hall–Kier alpha value is -1.09. The number of hydrogen-bond donors (Lipinski definition) is 1. The summed E-state index contributed by atoms with van der Waals surface area (Å²) in [5.74, 6) is 0. The van der Waals surface area contributed by atoms with Crippen LogP contribution < -0.4 is 5.73 Å². The Balaban J connectivity index is 1.88. The monoisotopic (exact) mass is 233 g/mol. The van der Waals surface area contributed by atoms with Crippen LogP contribution in [-0.2, 0) is 6.54 Å². The van der Waals surface area contributed by atoms with Crippen molar-refractivity contribution in [2.24, 2.45) is 5.41 Å². The van der Waals surface area contributed by atoms with Crippen LogP contribution in [-0.4, -0.2) is 23.0 Å². The van der Waals surface area contributed by atoms with Gasteiger partial charge < -0.3 is 5.73 Å². The third kappa shape index (κ3) is 3.19. The number of likely N-dealkylation sites (tertiary alicyclic amines) is 1. The fourth-order valence-corrected chi connectivity index (χ4v) is 2.36. The van der Waals surface area contributed by atoms with Crippen molar-refractivity contribution in [2.75, 3.05) is 18.8 Å². The Kier molecular flexibility index (Phi) is 3.67. The maximum absolute atomic E-state index is 5.64. The van der Waals surface area contributed by atoms with Crippen molar-refractivity contribution in [1.82, 2.24) is 9.88 Å². The third-order valence-electron chi connectivity index (χ3n) is 4.15. The number of hydrogen-bond acceptors (Lipinski definition) is 3. The summed E-state index contributed by atoms with van der Waals surface area (Å²) in [6, 6.07) is 3.96. The van der Waals surface area contributed by atoms with Gasteiger partial charge in [-0.05, 0) is 43.5 Å². The lowest BCUT2D eigenvalue weighted by molar-refractivity contribution is 0.109. The predicted molar refractivity (Wildman–Crippen MR) is 71.6 cm³/mol. The van der Waals surface area contributed by atoms with Crippen LogP contribution in [0.1, 0.15) is 38.8 Å². The summed E-state index contributed by atoms with van der Waals surface area (Å²) >= 11 is 0. The molecule has 0 aromatic carbocycles. The van der Waals surface area contributed by atoms with E-state index in [1.54, 1.807) is 6.20 Å². The summed E-state index contributed by atoms with van der Waals surface area (Å²) in [5, 5.41) is 0. The summed E-state index contributed by atoms with van der Waals surface area (Å²) < 4.78 is 0. The number of nitrogen functional groups attached to an aromatic ring is 1. The van der Waals surface area contributed by atoms with Crippen molar-refractivity contribution in [2.45, 2.75) is 39.7 Å². The summed E-state index contributed by atoms with van der Waals surface area (Å²) in [6.07, 6.45) is 5.65. The smallest absolute Gasteiger partial charge is 0.0545 e. The molecule has 0 spiro atoms. The number of aromatic nitrogens is 1. The number of anilines is 1. The van der Waals surface area contributed by atoms with E-state index in [-0.39, 0.29) is 0 Å². The number of nitrogens with zero attached hydrogens (tertiary/aromatic N) is 2. The lowest BCUT2D eigenvalue weighted by Crippen LogP contribution is -2.38. The van der Waals surface area contributed by atoms with Gasteiger partial charge in [-0.1, -0.05) is 20.3 Å². The van der Waals surface area contributed by atoms with Gasteiger partial charge in [0.1, 0.15) is 0 Å². The Morgan fingerprint density at radius 1 is 1.35 bits per heavy atom. The van der Waals surface area contributed by atoms with Gasteiger partial charge >= 0.3 is 0 Å². The molecule has 1 aliphatic rings. The Labute approximate surface area is 104 Å². The molecule has 1 saturated heterocycles. The van der Waals surface area contributed by atoms with Gasteiger partial charge in [-0.25, -0.2) is 0 Å². The largest absolute Gasteiger partial charge is 0.397 e. The highest BCUT2D eigenvalue weighted by atomic mass is 15.1. The lowest BCUT2D eigenvalue weighted by Gasteiger charge is -2.38. The first-order valence-corrected chi connectivity index (χ1v) is 6.54. The van der Waals surface area contributed by atoms with E-state index in [0.29, 0.717) is 5.41 Å². The van der Waals surface area contributed by atoms with E-state index >= 15 is 0 Å². The van der Waals surface area contributed by atoms with Crippen LogP contribution in [0.4, 0.5) is 5.69 Å². The van der Waals surface area contributed by atoms with Crippen LogP contribution >= 0.6 is 0 Å². The second-order valence-corrected chi connectivity index (χ2v) is 5.52. The normalized spacial score (nSPS) is 20.4. The molecule has 0 unspecified atom stereocenters. The van der Waals surface area contributed by atoms with Crippen LogP contribution in [0.25, 0.3) is 0 Å². The highest BCUT2D eigenvalue weighted by Gasteiger charge is 2.28. The summed E-state index contributed by atoms with van der Waals surface area (Å²) in [6.45, 7) is 8.05. The minimum Gasteiger partial charge on any atom is -0.397 e. The van der Waals surface area contributed by atoms with E-state index in [0.717, 1.165) is 17.9 Å². The number of piperidine rings is 1. The fraction of sp³-hybridized carbons (Fsp3) is 0.643. The zero-order chi connectivity index (χ0) is 12.3. The molecule has 0 amide bonds. The molecular formula is C14H23N3. The molecule has 1 aliphatic heterocycles. The summed E-state index contributed by atoms with van der Waals surface area (Å²) in [7, 11) is 0. The molecule has 3 heteroatoms. The van der Waals surface area contributed by atoms with Gasteiger partial charge in [0.05, 0.1) is 17.6 Å². The van der Waals surface area contributed by atoms with Crippen molar-refractivity contribution >= 4 is 5.69 Å². The molecule has 0 saturated carbocycles. The molecule has 1 aromatic rings. The van der Waals surface area contributed by atoms with Gasteiger partial charge in [-0.2, -0.15) is 0 Å². The average Bonchev–Trinajstić information content (AvgIpc) is 2.35. The van der Waals surface area contributed by atoms with Gasteiger partial charge in [-0.15, -0.1) is 0 Å². The summed E-state index contributed by atoms with van der Waals surface area (Å²) in [5.41, 5.74) is 8.06. The van der Waals surface area contributed by atoms with Crippen LogP contribution in [0, 0.1) is 5.41 Å². The molecule has 2 N–H and O–H groups in total.